The minimum absolute atomic E-state index is 0.225. The zero-order chi connectivity index (χ0) is 15.0. The first kappa shape index (κ1) is 15.3. The maximum absolute atomic E-state index is 11.9. The summed E-state index contributed by atoms with van der Waals surface area (Å²) >= 11 is 0. The highest BCUT2D eigenvalue weighted by molar-refractivity contribution is 5.96. The zero-order valence-corrected chi connectivity index (χ0v) is 11.7. The highest BCUT2D eigenvalue weighted by Gasteiger charge is 2.52. The van der Waals surface area contributed by atoms with E-state index in [1.807, 2.05) is 0 Å². The van der Waals surface area contributed by atoms with Gasteiger partial charge in [-0.2, -0.15) is 4.90 Å². The summed E-state index contributed by atoms with van der Waals surface area (Å²) in [5.41, 5.74) is -0.823. The number of carbonyl (C=O) groups excluding carboxylic acids is 2. The van der Waals surface area contributed by atoms with Gasteiger partial charge in [-0.15, -0.1) is 0 Å². The van der Waals surface area contributed by atoms with Crippen LogP contribution in [0.3, 0.4) is 0 Å². The minimum Gasteiger partial charge on any atom is -0.480 e. The quantitative estimate of drug-likeness (QED) is 0.825. The first-order valence-electron chi connectivity index (χ1n) is 6.00. The number of carboxylic acids is 1. The number of ether oxygens (including phenoxy) is 2. The van der Waals surface area contributed by atoms with Crippen molar-refractivity contribution < 1.29 is 29.0 Å². The summed E-state index contributed by atoms with van der Waals surface area (Å²) in [5.74, 6) is -1.52. The van der Waals surface area contributed by atoms with Crippen LogP contribution in [0.4, 0.5) is 9.59 Å². The number of cyclic esters (lactones) is 1. The topological polar surface area (TPSA) is 93.1 Å². The molecule has 1 aliphatic heterocycles. The lowest BCUT2D eigenvalue weighted by molar-refractivity contribution is -0.143. The third-order valence-electron chi connectivity index (χ3n) is 2.52. The van der Waals surface area contributed by atoms with Crippen LogP contribution in [0.25, 0.3) is 0 Å². The van der Waals surface area contributed by atoms with Gasteiger partial charge in [-0.05, 0) is 26.7 Å². The summed E-state index contributed by atoms with van der Waals surface area (Å²) in [6.45, 7) is 8.31. The molecule has 2 unspecified atom stereocenters. The van der Waals surface area contributed by atoms with Crippen molar-refractivity contribution in [1.82, 2.24) is 4.90 Å². The number of hydrogen-bond donors (Lipinski definition) is 1. The average molecular weight is 273 g/mol. The summed E-state index contributed by atoms with van der Waals surface area (Å²) in [6.07, 6.45) is -2.87. The van der Waals surface area contributed by atoms with Crippen LogP contribution in [0.5, 0.6) is 0 Å². The molecule has 108 valence electrons. The fourth-order valence-electron chi connectivity index (χ4n) is 1.75. The summed E-state index contributed by atoms with van der Waals surface area (Å²) < 4.78 is 9.97. The van der Waals surface area contributed by atoms with Gasteiger partial charge < -0.3 is 14.6 Å². The van der Waals surface area contributed by atoms with Crippen LogP contribution in [0.1, 0.15) is 34.6 Å². The first-order valence-corrected chi connectivity index (χ1v) is 6.00. The monoisotopic (exact) mass is 273 g/mol. The number of carboxylic acid groups (broad SMARTS) is 1. The summed E-state index contributed by atoms with van der Waals surface area (Å²) in [4.78, 5) is 35.4. The standard InChI is InChI=1S/C12H19NO6/c1-6(2)8-7(9(14)15)13(10(16)18-8)11(17)19-12(3,4)5/h6-8H,1-5H3,(H,14,15). The molecule has 19 heavy (non-hydrogen) atoms. The number of aliphatic carboxylic acids is 1. The number of carbonyl (C=O) groups is 3. The van der Waals surface area contributed by atoms with Crippen molar-refractivity contribution in [2.24, 2.45) is 5.92 Å². The third-order valence-corrected chi connectivity index (χ3v) is 2.52. The molecule has 0 radical (unpaired) electrons. The lowest BCUT2D eigenvalue weighted by Gasteiger charge is -2.25. The van der Waals surface area contributed by atoms with Crippen molar-refractivity contribution >= 4 is 18.2 Å². The van der Waals surface area contributed by atoms with Crippen LogP contribution >= 0.6 is 0 Å². The van der Waals surface area contributed by atoms with E-state index in [4.69, 9.17) is 9.47 Å². The van der Waals surface area contributed by atoms with Gasteiger partial charge in [0.2, 0.25) is 0 Å². The molecule has 1 rings (SSSR count). The van der Waals surface area contributed by atoms with Crippen molar-refractivity contribution in [3.8, 4) is 0 Å². The highest BCUT2D eigenvalue weighted by Crippen LogP contribution is 2.27. The fraction of sp³-hybridized carbons (Fsp3) is 0.750. The molecule has 7 heteroatoms. The Morgan fingerprint density at radius 1 is 1.37 bits per heavy atom. The molecule has 0 bridgehead atoms. The molecule has 1 N–H and O–H groups in total. The Balaban J connectivity index is 3.00. The normalized spacial score (nSPS) is 23.5. The largest absolute Gasteiger partial charge is 0.480 e. The third kappa shape index (κ3) is 3.36. The average Bonchev–Trinajstić information content (AvgIpc) is 2.53. The van der Waals surface area contributed by atoms with Crippen molar-refractivity contribution in [3.63, 3.8) is 0 Å². The van der Waals surface area contributed by atoms with E-state index in [0.717, 1.165) is 0 Å². The Labute approximate surface area is 111 Å². The summed E-state index contributed by atoms with van der Waals surface area (Å²) in [6, 6.07) is -1.36. The Morgan fingerprint density at radius 3 is 2.26 bits per heavy atom. The molecule has 7 nitrogen and oxygen atoms in total. The lowest BCUT2D eigenvalue weighted by Crippen LogP contribution is -2.49. The SMILES string of the molecule is CC(C)C1OC(=O)N(C(=O)OC(C)(C)C)C1C(=O)O. The number of nitrogens with zero attached hydrogens (tertiary/aromatic N) is 1. The second kappa shape index (κ2) is 5.07. The van der Waals surface area contributed by atoms with Crippen molar-refractivity contribution in [3.05, 3.63) is 0 Å². The van der Waals surface area contributed by atoms with E-state index in [1.165, 1.54) is 0 Å². The van der Waals surface area contributed by atoms with Crippen molar-refractivity contribution in [2.45, 2.75) is 52.4 Å². The Morgan fingerprint density at radius 2 is 1.89 bits per heavy atom. The predicted octanol–water partition coefficient (Wildman–Crippen LogP) is 1.85. The van der Waals surface area contributed by atoms with Crippen molar-refractivity contribution in [1.29, 1.82) is 0 Å². The number of imide groups is 1. The molecule has 0 aromatic rings. The summed E-state index contributed by atoms with van der Waals surface area (Å²) in [7, 11) is 0. The van der Waals surface area contributed by atoms with Crippen LogP contribution in [-0.4, -0.2) is 45.9 Å². The minimum atomic E-state index is -1.36. The molecule has 0 spiro atoms. The van der Waals surface area contributed by atoms with Gasteiger partial charge in [0.05, 0.1) is 0 Å². The molecule has 0 saturated carbocycles. The Kier molecular flexibility index (Phi) is 4.07. The van der Waals surface area contributed by atoms with Crippen LogP contribution in [-0.2, 0) is 14.3 Å². The molecule has 0 aromatic heterocycles. The first-order chi connectivity index (χ1) is 8.54. The second-order valence-corrected chi connectivity index (χ2v) is 5.73. The zero-order valence-electron chi connectivity index (χ0n) is 11.7. The molecule has 2 amide bonds. The molecule has 1 aliphatic rings. The fourth-order valence-corrected chi connectivity index (χ4v) is 1.75. The maximum Gasteiger partial charge on any atom is 0.420 e. The van der Waals surface area contributed by atoms with Gasteiger partial charge in [-0.1, -0.05) is 13.8 Å². The van der Waals surface area contributed by atoms with Gasteiger partial charge >= 0.3 is 18.2 Å². The molecule has 2 atom stereocenters. The van der Waals surface area contributed by atoms with E-state index in [0.29, 0.717) is 4.90 Å². The van der Waals surface area contributed by atoms with Crippen LogP contribution in [0, 0.1) is 5.92 Å². The smallest absolute Gasteiger partial charge is 0.420 e. The lowest BCUT2D eigenvalue weighted by atomic mass is 10.00. The summed E-state index contributed by atoms with van der Waals surface area (Å²) in [5, 5.41) is 9.19. The molecule has 1 heterocycles. The van der Waals surface area contributed by atoms with Crippen LogP contribution in [0.15, 0.2) is 0 Å². The molecular weight excluding hydrogens is 254 g/mol. The number of hydrogen-bond acceptors (Lipinski definition) is 5. The molecule has 1 fully saturated rings. The van der Waals surface area contributed by atoms with E-state index in [-0.39, 0.29) is 5.92 Å². The van der Waals surface area contributed by atoms with Gasteiger partial charge in [0.1, 0.15) is 11.7 Å². The van der Waals surface area contributed by atoms with E-state index in [9.17, 15) is 19.5 Å². The van der Waals surface area contributed by atoms with E-state index in [1.54, 1.807) is 34.6 Å². The van der Waals surface area contributed by atoms with Gasteiger partial charge in [-0.25, -0.2) is 14.4 Å². The van der Waals surface area contributed by atoms with E-state index in [2.05, 4.69) is 0 Å². The molecule has 1 saturated heterocycles. The van der Waals surface area contributed by atoms with E-state index < -0.39 is 35.9 Å². The van der Waals surface area contributed by atoms with Gasteiger partial charge in [0.15, 0.2) is 6.04 Å². The highest BCUT2D eigenvalue weighted by atomic mass is 16.6. The van der Waals surface area contributed by atoms with Crippen LogP contribution < -0.4 is 0 Å². The maximum atomic E-state index is 11.9. The van der Waals surface area contributed by atoms with E-state index >= 15 is 0 Å². The molecular formula is C12H19NO6. The Hall–Kier alpha value is -1.79. The molecule has 0 aliphatic carbocycles. The van der Waals surface area contributed by atoms with Gasteiger partial charge in [0.25, 0.3) is 0 Å². The Bertz CT molecular complexity index is 398. The van der Waals surface area contributed by atoms with Crippen molar-refractivity contribution in [2.75, 3.05) is 0 Å². The predicted molar refractivity (Wildman–Crippen MR) is 64.6 cm³/mol. The van der Waals surface area contributed by atoms with Crippen LogP contribution in [0.2, 0.25) is 0 Å². The number of rotatable bonds is 2. The number of amides is 2. The molecule has 0 aromatic carbocycles. The second-order valence-electron chi connectivity index (χ2n) is 5.73. The van der Waals surface area contributed by atoms with Gasteiger partial charge in [0, 0.05) is 0 Å². The van der Waals surface area contributed by atoms with Gasteiger partial charge in [-0.3, -0.25) is 0 Å².